The fourth-order valence-corrected chi connectivity index (χ4v) is 2.00. The van der Waals surface area contributed by atoms with Crippen LogP contribution in [0.5, 0.6) is 0 Å². The Hall–Kier alpha value is -2.17. The van der Waals surface area contributed by atoms with E-state index in [9.17, 15) is 4.79 Å². The number of carbonyl (C=O) groups excluding carboxylic acids is 1. The lowest BCUT2D eigenvalue weighted by Gasteiger charge is -2.08. The second kappa shape index (κ2) is 7.57. The van der Waals surface area contributed by atoms with Crippen molar-refractivity contribution in [1.29, 1.82) is 0 Å². The molecule has 0 radical (unpaired) electrons. The van der Waals surface area contributed by atoms with Gasteiger partial charge in [-0.05, 0) is 30.2 Å². The van der Waals surface area contributed by atoms with Gasteiger partial charge in [0, 0.05) is 12.2 Å². The molecule has 0 unspecified atom stereocenters. The van der Waals surface area contributed by atoms with Crippen LogP contribution in [0.3, 0.4) is 0 Å². The molecule has 4 heteroatoms. The maximum absolute atomic E-state index is 11.8. The second-order valence-electron chi connectivity index (χ2n) is 5.00. The topological polar surface area (TPSA) is 61.4 Å². The number of rotatable bonds is 6. The highest BCUT2D eigenvalue weighted by Crippen LogP contribution is 2.08. The number of nitrogens with one attached hydrogen (secondary N) is 2. The summed E-state index contributed by atoms with van der Waals surface area (Å²) >= 11 is 0. The number of amides is 1. The lowest BCUT2D eigenvalue weighted by Crippen LogP contribution is -2.27. The first-order chi connectivity index (χ1) is 10.2. The van der Waals surface area contributed by atoms with Crippen LogP contribution < -0.4 is 10.6 Å². The van der Waals surface area contributed by atoms with Gasteiger partial charge in [0.25, 0.3) is 0 Å². The largest absolute Gasteiger partial charge is 0.392 e. The van der Waals surface area contributed by atoms with Gasteiger partial charge >= 0.3 is 0 Å². The predicted octanol–water partition coefficient (Wildman–Crippen LogP) is 2.22. The molecule has 110 valence electrons. The van der Waals surface area contributed by atoms with Gasteiger partial charge in [-0.2, -0.15) is 0 Å². The van der Waals surface area contributed by atoms with E-state index < -0.39 is 0 Å². The van der Waals surface area contributed by atoms with Gasteiger partial charge in [0.15, 0.2) is 0 Å². The first-order valence-corrected chi connectivity index (χ1v) is 6.93. The third-order valence-corrected chi connectivity index (χ3v) is 3.12. The summed E-state index contributed by atoms with van der Waals surface area (Å²) in [7, 11) is 0. The number of carbonyl (C=O) groups is 1. The van der Waals surface area contributed by atoms with Crippen molar-refractivity contribution >= 4 is 11.6 Å². The molecule has 2 aromatic rings. The minimum atomic E-state index is -0.0721. The molecule has 0 bridgehead atoms. The molecule has 0 aromatic heterocycles. The monoisotopic (exact) mass is 284 g/mol. The van der Waals surface area contributed by atoms with Gasteiger partial charge in [0.2, 0.25) is 5.91 Å². The Morgan fingerprint density at radius 2 is 1.81 bits per heavy atom. The molecule has 3 N–H and O–H groups in total. The predicted molar refractivity (Wildman–Crippen MR) is 83.9 cm³/mol. The minimum absolute atomic E-state index is 0.0295. The molecule has 0 aliphatic carbocycles. The van der Waals surface area contributed by atoms with E-state index >= 15 is 0 Å². The Kier molecular flexibility index (Phi) is 5.49. The molecule has 2 rings (SSSR count). The number of hydrogen-bond acceptors (Lipinski definition) is 3. The highest BCUT2D eigenvalue weighted by molar-refractivity contribution is 5.92. The Balaban J connectivity index is 1.77. The van der Waals surface area contributed by atoms with Crippen molar-refractivity contribution in [3.05, 3.63) is 65.2 Å². The normalized spacial score (nSPS) is 10.4. The van der Waals surface area contributed by atoms with Gasteiger partial charge in [-0.25, -0.2) is 0 Å². The number of aliphatic hydroxyl groups is 1. The third-order valence-electron chi connectivity index (χ3n) is 3.12. The van der Waals surface area contributed by atoms with E-state index in [2.05, 4.69) is 10.6 Å². The van der Waals surface area contributed by atoms with Gasteiger partial charge in [0.05, 0.1) is 13.2 Å². The van der Waals surface area contributed by atoms with Crippen molar-refractivity contribution in [2.24, 2.45) is 0 Å². The molecular weight excluding hydrogens is 264 g/mol. The summed E-state index contributed by atoms with van der Waals surface area (Å²) in [5, 5.41) is 15.0. The van der Waals surface area contributed by atoms with Gasteiger partial charge < -0.3 is 15.7 Å². The van der Waals surface area contributed by atoms with Crippen LogP contribution >= 0.6 is 0 Å². The van der Waals surface area contributed by atoms with E-state index in [1.54, 1.807) is 0 Å². The molecule has 0 atom stereocenters. The summed E-state index contributed by atoms with van der Waals surface area (Å²) in [5.41, 5.74) is 3.88. The van der Waals surface area contributed by atoms with Crippen molar-refractivity contribution in [2.75, 3.05) is 11.9 Å². The van der Waals surface area contributed by atoms with E-state index in [1.165, 1.54) is 0 Å². The van der Waals surface area contributed by atoms with Gasteiger partial charge in [-0.1, -0.05) is 42.0 Å². The molecule has 0 aliphatic heterocycles. The molecule has 0 spiro atoms. The van der Waals surface area contributed by atoms with Crippen LogP contribution in [0, 0.1) is 6.92 Å². The Morgan fingerprint density at radius 1 is 1.10 bits per heavy atom. The van der Waals surface area contributed by atoms with Crippen molar-refractivity contribution in [3.8, 4) is 0 Å². The van der Waals surface area contributed by atoms with Crippen LogP contribution in [-0.2, 0) is 17.9 Å². The van der Waals surface area contributed by atoms with Crippen LogP contribution in [0.15, 0.2) is 48.5 Å². The highest BCUT2D eigenvalue weighted by Gasteiger charge is 2.02. The summed E-state index contributed by atoms with van der Waals surface area (Å²) in [6, 6.07) is 15.3. The van der Waals surface area contributed by atoms with E-state index in [1.807, 2.05) is 55.5 Å². The Bertz CT molecular complexity index is 594. The summed E-state index contributed by atoms with van der Waals surface area (Å²) in [6.45, 7) is 2.88. The Morgan fingerprint density at radius 3 is 2.52 bits per heavy atom. The van der Waals surface area contributed by atoms with Crippen LogP contribution in [0.25, 0.3) is 0 Å². The molecule has 4 nitrogen and oxygen atoms in total. The average molecular weight is 284 g/mol. The fraction of sp³-hybridized carbons (Fsp3) is 0.235. The third kappa shape index (κ3) is 5.02. The SMILES string of the molecule is Cc1ccc(NC(=O)CNCc2cccc(CO)c2)cc1. The van der Waals surface area contributed by atoms with Crippen molar-refractivity contribution in [2.45, 2.75) is 20.1 Å². The molecule has 1 amide bonds. The van der Waals surface area contributed by atoms with Crippen LogP contribution in [0.1, 0.15) is 16.7 Å². The number of hydrogen-bond donors (Lipinski definition) is 3. The number of aliphatic hydroxyl groups excluding tert-OH is 1. The molecule has 0 heterocycles. The molecule has 2 aromatic carbocycles. The lowest BCUT2D eigenvalue weighted by atomic mass is 10.1. The van der Waals surface area contributed by atoms with Gasteiger partial charge in [-0.15, -0.1) is 0 Å². The standard InChI is InChI=1S/C17H20N2O2/c1-13-5-7-16(8-6-13)19-17(21)11-18-10-14-3-2-4-15(9-14)12-20/h2-9,18,20H,10-12H2,1H3,(H,19,21). The lowest BCUT2D eigenvalue weighted by molar-refractivity contribution is -0.115. The van der Waals surface area contributed by atoms with Gasteiger partial charge in [-0.3, -0.25) is 4.79 Å². The maximum atomic E-state index is 11.8. The summed E-state index contributed by atoms with van der Waals surface area (Å²) in [5.74, 6) is -0.0721. The molecule has 0 aliphatic rings. The van der Waals surface area contributed by atoms with Crippen LogP contribution in [-0.4, -0.2) is 17.6 Å². The fourth-order valence-electron chi connectivity index (χ4n) is 2.00. The van der Waals surface area contributed by atoms with Gasteiger partial charge in [0.1, 0.15) is 0 Å². The molecule has 0 saturated heterocycles. The van der Waals surface area contributed by atoms with Crippen LogP contribution in [0.2, 0.25) is 0 Å². The van der Waals surface area contributed by atoms with E-state index in [4.69, 9.17) is 5.11 Å². The van der Waals surface area contributed by atoms with E-state index in [-0.39, 0.29) is 19.1 Å². The number of anilines is 1. The Labute approximate surface area is 124 Å². The highest BCUT2D eigenvalue weighted by atomic mass is 16.3. The summed E-state index contributed by atoms with van der Waals surface area (Å²) in [4.78, 5) is 11.8. The minimum Gasteiger partial charge on any atom is -0.392 e. The summed E-state index contributed by atoms with van der Waals surface area (Å²) in [6.07, 6.45) is 0. The zero-order chi connectivity index (χ0) is 15.1. The maximum Gasteiger partial charge on any atom is 0.238 e. The second-order valence-corrected chi connectivity index (χ2v) is 5.00. The number of aryl methyl sites for hydroxylation is 1. The molecular formula is C17H20N2O2. The first kappa shape index (κ1) is 15.2. The van der Waals surface area contributed by atoms with Crippen molar-refractivity contribution in [1.82, 2.24) is 5.32 Å². The molecule has 21 heavy (non-hydrogen) atoms. The quantitative estimate of drug-likeness (QED) is 0.762. The average Bonchev–Trinajstić information content (AvgIpc) is 2.50. The van der Waals surface area contributed by atoms with Crippen LogP contribution in [0.4, 0.5) is 5.69 Å². The van der Waals surface area contributed by atoms with E-state index in [0.29, 0.717) is 6.54 Å². The zero-order valence-electron chi connectivity index (χ0n) is 12.1. The van der Waals surface area contributed by atoms with E-state index in [0.717, 1.165) is 22.4 Å². The van der Waals surface area contributed by atoms with Crippen molar-refractivity contribution < 1.29 is 9.90 Å². The zero-order valence-corrected chi connectivity index (χ0v) is 12.1. The number of benzene rings is 2. The smallest absolute Gasteiger partial charge is 0.238 e. The van der Waals surface area contributed by atoms with Crippen molar-refractivity contribution in [3.63, 3.8) is 0 Å². The molecule has 0 fully saturated rings. The summed E-state index contributed by atoms with van der Waals surface area (Å²) < 4.78 is 0. The molecule has 0 saturated carbocycles. The first-order valence-electron chi connectivity index (χ1n) is 6.93.